The largest absolute Gasteiger partial charge is 0.497 e. The van der Waals surface area contributed by atoms with E-state index in [1.54, 1.807) is 55.6 Å². The van der Waals surface area contributed by atoms with Gasteiger partial charge >= 0.3 is 6.03 Å². The first-order valence-corrected chi connectivity index (χ1v) is 9.91. The highest BCUT2D eigenvalue weighted by Crippen LogP contribution is 2.28. The van der Waals surface area contributed by atoms with Crippen LogP contribution in [0.15, 0.2) is 72.8 Å². The first-order valence-electron chi connectivity index (χ1n) is 9.10. The van der Waals surface area contributed by atoms with Crippen LogP contribution in [-0.4, -0.2) is 24.0 Å². The van der Waals surface area contributed by atoms with Crippen molar-refractivity contribution in [1.82, 2.24) is 4.98 Å². The zero-order valence-electron chi connectivity index (χ0n) is 16.0. The molecule has 7 nitrogen and oxygen atoms in total. The first-order chi connectivity index (χ1) is 14.6. The number of methoxy groups -OCH3 is 1. The quantitative estimate of drug-likeness (QED) is 0.415. The van der Waals surface area contributed by atoms with Gasteiger partial charge in [-0.05, 0) is 42.5 Å². The molecule has 0 saturated heterocycles. The molecule has 0 aliphatic rings. The van der Waals surface area contributed by atoms with Gasteiger partial charge in [-0.1, -0.05) is 35.6 Å². The van der Waals surface area contributed by atoms with Crippen molar-refractivity contribution in [3.05, 3.63) is 78.4 Å². The summed E-state index contributed by atoms with van der Waals surface area (Å²) in [6, 6.07) is 21.1. The Morgan fingerprint density at radius 3 is 2.40 bits per heavy atom. The maximum Gasteiger partial charge on any atom is 0.323 e. The van der Waals surface area contributed by atoms with Crippen LogP contribution in [0.5, 0.6) is 5.75 Å². The Bertz CT molecular complexity index is 1210. The van der Waals surface area contributed by atoms with E-state index in [-0.39, 0.29) is 11.9 Å². The molecule has 0 fully saturated rings. The Morgan fingerprint density at radius 2 is 1.63 bits per heavy atom. The molecule has 3 aromatic carbocycles. The third-order valence-electron chi connectivity index (χ3n) is 4.23. The number of benzene rings is 3. The number of carbonyl (C=O) groups excluding carboxylic acids is 2. The molecule has 0 unspecified atom stereocenters. The maximum absolute atomic E-state index is 12.3. The van der Waals surface area contributed by atoms with E-state index in [1.807, 2.05) is 24.3 Å². The fourth-order valence-corrected chi connectivity index (χ4v) is 3.65. The van der Waals surface area contributed by atoms with Gasteiger partial charge in [-0.2, -0.15) is 0 Å². The lowest BCUT2D eigenvalue weighted by atomic mass is 10.2. The lowest BCUT2D eigenvalue weighted by Crippen LogP contribution is -2.19. The van der Waals surface area contributed by atoms with Gasteiger partial charge in [-0.15, -0.1) is 0 Å². The summed E-state index contributed by atoms with van der Waals surface area (Å²) in [7, 11) is 1.57. The SMILES string of the molecule is COc1cccc(NC(=O)Nc2ccc3sc(NC(=O)c4ccccc4)nc3c2)c1. The highest BCUT2D eigenvalue weighted by Gasteiger charge is 2.11. The molecule has 150 valence electrons. The van der Waals surface area contributed by atoms with E-state index < -0.39 is 0 Å². The molecule has 0 spiro atoms. The van der Waals surface area contributed by atoms with Crippen molar-refractivity contribution in [3.8, 4) is 5.75 Å². The molecular formula is C22H18N4O3S. The Morgan fingerprint density at radius 1 is 0.867 bits per heavy atom. The molecule has 4 rings (SSSR count). The minimum Gasteiger partial charge on any atom is -0.497 e. The average molecular weight is 418 g/mol. The zero-order valence-corrected chi connectivity index (χ0v) is 16.8. The summed E-state index contributed by atoms with van der Waals surface area (Å²) in [6.45, 7) is 0. The van der Waals surface area contributed by atoms with Crippen molar-refractivity contribution < 1.29 is 14.3 Å². The highest BCUT2D eigenvalue weighted by molar-refractivity contribution is 7.22. The van der Waals surface area contributed by atoms with Gasteiger partial charge in [0.2, 0.25) is 0 Å². The summed E-state index contributed by atoms with van der Waals surface area (Å²) in [5.41, 5.74) is 2.46. The second-order valence-corrected chi connectivity index (χ2v) is 7.36. The molecule has 3 amide bonds. The number of urea groups is 1. The van der Waals surface area contributed by atoms with Crippen LogP contribution in [0.4, 0.5) is 21.3 Å². The molecule has 1 aromatic heterocycles. The van der Waals surface area contributed by atoms with Crippen LogP contribution in [-0.2, 0) is 0 Å². The Hall–Kier alpha value is -3.91. The van der Waals surface area contributed by atoms with Crippen LogP contribution in [0.1, 0.15) is 10.4 Å². The van der Waals surface area contributed by atoms with E-state index in [9.17, 15) is 9.59 Å². The third-order valence-corrected chi connectivity index (χ3v) is 5.18. The molecule has 0 radical (unpaired) electrons. The van der Waals surface area contributed by atoms with E-state index in [1.165, 1.54) is 11.3 Å². The van der Waals surface area contributed by atoms with Crippen LogP contribution in [0.3, 0.4) is 0 Å². The van der Waals surface area contributed by atoms with Crippen molar-refractivity contribution in [2.75, 3.05) is 23.1 Å². The fraction of sp³-hybridized carbons (Fsp3) is 0.0455. The van der Waals surface area contributed by atoms with Gasteiger partial charge in [0.05, 0.1) is 17.3 Å². The monoisotopic (exact) mass is 418 g/mol. The number of hydrogen-bond acceptors (Lipinski definition) is 5. The van der Waals surface area contributed by atoms with Gasteiger partial charge in [0.25, 0.3) is 5.91 Å². The van der Waals surface area contributed by atoms with Gasteiger partial charge in [-0.3, -0.25) is 10.1 Å². The minimum absolute atomic E-state index is 0.217. The van der Waals surface area contributed by atoms with Crippen LogP contribution >= 0.6 is 11.3 Å². The van der Waals surface area contributed by atoms with Crippen molar-refractivity contribution in [1.29, 1.82) is 0 Å². The minimum atomic E-state index is -0.379. The predicted molar refractivity (Wildman–Crippen MR) is 120 cm³/mol. The number of anilines is 3. The zero-order chi connectivity index (χ0) is 20.9. The lowest BCUT2D eigenvalue weighted by Gasteiger charge is -2.08. The number of aromatic nitrogens is 1. The number of nitrogens with one attached hydrogen (secondary N) is 3. The molecule has 0 bridgehead atoms. The van der Waals surface area contributed by atoms with Gasteiger partial charge in [0.15, 0.2) is 5.13 Å². The molecule has 0 saturated carbocycles. The summed E-state index contributed by atoms with van der Waals surface area (Å²) in [4.78, 5) is 29.0. The van der Waals surface area contributed by atoms with Crippen molar-refractivity contribution in [2.45, 2.75) is 0 Å². The molecule has 30 heavy (non-hydrogen) atoms. The van der Waals surface area contributed by atoms with Crippen molar-refractivity contribution >= 4 is 50.0 Å². The van der Waals surface area contributed by atoms with Crippen LogP contribution in [0, 0.1) is 0 Å². The standard InChI is InChI=1S/C22H18N4O3S/c1-29-17-9-5-8-15(12-17)23-21(28)24-16-10-11-19-18(13-16)25-22(30-19)26-20(27)14-6-3-2-4-7-14/h2-13H,1H3,(H2,23,24,28)(H,25,26,27). The number of nitrogens with zero attached hydrogens (tertiary/aromatic N) is 1. The fourth-order valence-electron chi connectivity index (χ4n) is 2.81. The maximum atomic E-state index is 12.3. The number of ether oxygens (including phenoxy) is 1. The predicted octanol–water partition coefficient (Wildman–Crippen LogP) is 5.20. The summed E-state index contributed by atoms with van der Waals surface area (Å²) in [5.74, 6) is 0.437. The Balaban J connectivity index is 1.44. The van der Waals surface area contributed by atoms with E-state index in [0.717, 1.165) is 4.70 Å². The van der Waals surface area contributed by atoms with Gasteiger partial charge in [-0.25, -0.2) is 9.78 Å². The van der Waals surface area contributed by atoms with Gasteiger partial charge in [0, 0.05) is 23.0 Å². The second-order valence-electron chi connectivity index (χ2n) is 6.33. The Labute approximate surface area is 176 Å². The number of hydrogen-bond donors (Lipinski definition) is 3. The van der Waals surface area contributed by atoms with Gasteiger partial charge in [0.1, 0.15) is 5.75 Å². The van der Waals surface area contributed by atoms with Crippen LogP contribution in [0.25, 0.3) is 10.2 Å². The topological polar surface area (TPSA) is 92.4 Å². The number of thiazole rings is 1. The van der Waals surface area contributed by atoms with Gasteiger partial charge < -0.3 is 15.4 Å². The first kappa shape index (κ1) is 19.4. The second kappa shape index (κ2) is 8.62. The molecular weight excluding hydrogens is 400 g/mol. The smallest absolute Gasteiger partial charge is 0.323 e. The van der Waals surface area contributed by atoms with E-state index in [0.29, 0.717) is 33.3 Å². The average Bonchev–Trinajstić information content (AvgIpc) is 3.15. The van der Waals surface area contributed by atoms with Crippen molar-refractivity contribution in [2.24, 2.45) is 0 Å². The number of rotatable bonds is 5. The summed E-state index contributed by atoms with van der Waals surface area (Å²) in [5, 5.41) is 8.85. The third kappa shape index (κ3) is 4.56. The molecule has 8 heteroatoms. The molecule has 0 atom stereocenters. The molecule has 3 N–H and O–H groups in total. The van der Waals surface area contributed by atoms with E-state index >= 15 is 0 Å². The van der Waals surface area contributed by atoms with Crippen LogP contribution in [0.2, 0.25) is 0 Å². The molecule has 0 aliphatic carbocycles. The highest BCUT2D eigenvalue weighted by atomic mass is 32.1. The molecule has 0 aliphatic heterocycles. The van der Waals surface area contributed by atoms with E-state index in [4.69, 9.17) is 4.74 Å². The summed E-state index contributed by atoms with van der Waals surface area (Å²) >= 11 is 1.37. The molecule has 4 aromatic rings. The number of fused-ring (bicyclic) bond motifs is 1. The van der Waals surface area contributed by atoms with Crippen molar-refractivity contribution in [3.63, 3.8) is 0 Å². The molecule has 1 heterocycles. The van der Waals surface area contributed by atoms with E-state index in [2.05, 4.69) is 20.9 Å². The Kier molecular flexibility index (Phi) is 5.58. The summed E-state index contributed by atoms with van der Waals surface area (Å²) in [6.07, 6.45) is 0. The summed E-state index contributed by atoms with van der Waals surface area (Å²) < 4.78 is 6.05. The number of carbonyl (C=O) groups is 2. The lowest BCUT2D eigenvalue weighted by molar-refractivity contribution is 0.102. The van der Waals surface area contributed by atoms with Crippen LogP contribution < -0.4 is 20.7 Å². The number of amides is 3. The normalized spacial score (nSPS) is 10.4.